The van der Waals surface area contributed by atoms with Crippen LogP contribution in [0.1, 0.15) is 79.6 Å². The molecular weight excluding hydrogens is 240 g/mol. The Bertz CT molecular complexity index is 402. The number of hydrogen-bond acceptors (Lipinski definition) is 0. The van der Waals surface area contributed by atoms with E-state index in [2.05, 4.69) is 34.6 Å². The van der Waals surface area contributed by atoms with Crippen LogP contribution in [0.25, 0.3) is 0 Å². The van der Waals surface area contributed by atoms with Crippen LogP contribution in [-0.4, -0.2) is 0 Å². The first-order chi connectivity index (χ1) is 9.43. The van der Waals surface area contributed by atoms with Crippen LogP contribution in [0.4, 0.5) is 0 Å². The molecule has 3 rings (SSSR count). The maximum atomic E-state index is 2.67. The van der Waals surface area contributed by atoms with E-state index in [-0.39, 0.29) is 0 Å². The third-order valence-electron chi connectivity index (χ3n) is 7.37. The predicted octanol–water partition coefficient (Wildman–Crippen LogP) is 6.22. The summed E-state index contributed by atoms with van der Waals surface area (Å²) in [5.41, 5.74) is 4.28. The van der Waals surface area contributed by atoms with Gasteiger partial charge in [0.25, 0.3) is 0 Å². The second kappa shape index (κ2) is 5.18. The van der Waals surface area contributed by atoms with E-state index < -0.39 is 0 Å². The van der Waals surface area contributed by atoms with Crippen molar-refractivity contribution in [3.05, 3.63) is 11.1 Å². The van der Waals surface area contributed by atoms with Gasteiger partial charge < -0.3 is 0 Å². The summed E-state index contributed by atoms with van der Waals surface area (Å²) >= 11 is 0. The van der Waals surface area contributed by atoms with Crippen LogP contribution in [0.5, 0.6) is 0 Å². The Kier molecular flexibility index (Phi) is 3.80. The van der Waals surface area contributed by atoms with Gasteiger partial charge in [0.15, 0.2) is 0 Å². The van der Waals surface area contributed by atoms with E-state index in [4.69, 9.17) is 0 Å². The van der Waals surface area contributed by atoms with Gasteiger partial charge in [-0.15, -0.1) is 0 Å². The van der Waals surface area contributed by atoms with Gasteiger partial charge in [0.05, 0.1) is 0 Å². The molecule has 0 amide bonds. The maximum Gasteiger partial charge on any atom is -0.0141 e. The fourth-order valence-electron chi connectivity index (χ4n) is 6.09. The third kappa shape index (κ3) is 2.18. The first-order valence-electron chi connectivity index (χ1n) is 9.12. The minimum atomic E-state index is 0.622. The molecule has 1 unspecified atom stereocenters. The summed E-state index contributed by atoms with van der Waals surface area (Å²) in [6.45, 7) is 12.5. The van der Waals surface area contributed by atoms with Crippen molar-refractivity contribution in [3.8, 4) is 0 Å². The zero-order chi connectivity index (χ0) is 14.5. The van der Waals surface area contributed by atoms with Crippen LogP contribution in [-0.2, 0) is 0 Å². The van der Waals surface area contributed by atoms with E-state index in [1.165, 1.54) is 44.9 Å². The smallest absolute Gasteiger partial charge is 0.0141 e. The molecule has 3 aliphatic carbocycles. The molecule has 0 aromatic heterocycles. The number of hydrogen-bond donors (Lipinski definition) is 0. The van der Waals surface area contributed by atoms with Crippen molar-refractivity contribution in [3.63, 3.8) is 0 Å². The Morgan fingerprint density at radius 3 is 2.55 bits per heavy atom. The summed E-state index contributed by atoms with van der Waals surface area (Å²) in [6, 6.07) is 0. The van der Waals surface area contributed by atoms with E-state index in [0.717, 1.165) is 29.6 Å². The lowest BCUT2D eigenvalue weighted by Crippen LogP contribution is -2.37. The third-order valence-corrected chi connectivity index (χ3v) is 7.37. The van der Waals surface area contributed by atoms with Gasteiger partial charge in [-0.1, -0.05) is 38.8 Å². The van der Waals surface area contributed by atoms with E-state index in [0.29, 0.717) is 5.41 Å². The molecule has 0 saturated heterocycles. The first-order valence-corrected chi connectivity index (χ1v) is 9.12. The Balaban J connectivity index is 1.97. The molecule has 5 atom stereocenters. The van der Waals surface area contributed by atoms with Gasteiger partial charge in [-0.05, 0) is 86.9 Å². The lowest BCUT2D eigenvalue weighted by Gasteiger charge is -2.44. The van der Waals surface area contributed by atoms with E-state index in [9.17, 15) is 0 Å². The molecule has 0 aromatic carbocycles. The minimum Gasteiger partial charge on any atom is -0.0738 e. The SMILES string of the molecule is CC1=C2CC[C@@H](C)CC3[C@H](C(C)C)CC[C@@]3(C)[C@@H]2CC1. The molecule has 0 N–H and O–H groups in total. The molecule has 2 saturated carbocycles. The highest BCUT2D eigenvalue weighted by atomic mass is 14.6. The van der Waals surface area contributed by atoms with Gasteiger partial charge in [0, 0.05) is 0 Å². The molecule has 3 aliphatic rings. The van der Waals surface area contributed by atoms with Crippen molar-refractivity contribution < 1.29 is 0 Å². The molecule has 20 heavy (non-hydrogen) atoms. The molecule has 2 fully saturated rings. The van der Waals surface area contributed by atoms with E-state index >= 15 is 0 Å². The zero-order valence-corrected chi connectivity index (χ0v) is 14.3. The highest BCUT2D eigenvalue weighted by molar-refractivity contribution is 5.26. The van der Waals surface area contributed by atoms with Crippen molar-refractivity contribution >= 4 is 0 Å². The second-order valence-electron chi connectivity index (χ2n) is 8.84. The van der Waals surface area contributed by atoms with Crippen LogP contribution >= 0.6 is 0 Å². The summed E-state index contributed by atoms with van der Waals surface area (Å²) < 4.78 is 0. The molecular formula is C20H34. The molecule has 0 bridgehead atoms. The molecule has 0 spiro atoms. The van der Waals surface area contributed by atoms with E-state index in [1.54, 1.807) is 5.57 Å². The predicted molar refractivity (Wildman–Crippen MR) is 87.6 cm³/mol. The average molecular weight is 274 g/mol. The first kappa shape index (κ1) is 14.7. The fourth-order valence-corrected chi connectivity index (χ4v) is 6.09. The van der Waals surface area contributed by atoms with Gasteiger partial charge in [-0.25, -0.2) is 0 Å². The maximum absolute atomic E-state index is 2.67. The molecule has 0 heteroatoms. The monoisotopic (exact) mass is 274 g/mol. The molecule has 114 valence electrons. The fraction of sp³-hybridized carbons (Fsp3) is 0.900. The van der Waals surface area contributed by atoms with Gasteiger partial charge in [0.1, 0.15) is 0 Å². The van der Waals surface area contributed by atoms with Crippen LogP contribution in [0.3, 0.4) is 0 Å². The summed E-state index contributed by atoms with van der Waals surface area (Å²) in [7, 11) is 0. The normalized spacial score (nSPS) is 45.3. The van der Waals surface area contributed by atoms with Crippen LogP contribution < -0.4 is 0 Å². The Morgan fingerprint density at radius 1 is 1.10 bits per heavy atom. The van der Waals surface area contributed by atoms with Gasteiger partial charge in [0.2, 0.25) is 0 Å². The molecule has 0 aromatic rings. The van der Waals surface area contributed by atoms with Crippen molar-refractivity contribution in [2.24, 2.45) is 35.0 Å². The van der Waals surface area contributed by atoms with Crippen molar-refractivity contribution in [2.75, 3.05) is 0 Å². The number of allylic oxidation sites excluding steroid dienone is 2. The van der Waals surface area contributed by atoms with Gasteiger partial charge >= 0.3 is 0 Å². The highest BCUT2D eigenvalue weighted by Crippen LogP contribution is 2.61. The summed E-state index contributed by atoms with van der Waals surface area (Å²) in [6.07, 6.45) is 10.2. The highest BCUT2D eigenvalue weighted by Gasteiger charge is 2.52. The molecule has 0 heterocycles. The summed E-state index contributed by atoms with van der Waals surface area (Å²) in [5, 5.41) is 0. The average Bonchev–Trinajstić information content (AvgIpc) is 2.89. The molecule has 0 aliphatic heterocycles. The van der Waals surface area contributed by atoms with Gasteiger partial charge in [-0.2, -0.15) is 0 Å². The van der Waals surface area contributed by atoms with Gasteiger partial charge in [-0.3, -0.25) is 0 Å². The van der Waals surface area contributed by atoms with Crippen molar-refractivity contribution in [1.29, 1.82) is 0 Å². The Labute approximate surface area is 126 Å². The van der Waals surface area contributed by atoms with Crippen LogP contribution in [0.2, 0.25) is 0 Å². The number of rotatable bonds is 1. The lowest BCUT2D eigenvalue weighted by molar-refractivity contribution is 0.0761. The largest absolute Gasteiger partial charge is 0.0738 e. The summed E-state index contributed by atoms with van der Waals surface area (Å²) in [4.78, 5) is 0. The lowest BCUT2D eigenvalue weighted by atomic mass is 9.60. The topological polar surface area (TPSA) is 0 Å². The Morgan fingerprint density at radius 2 is 1.85 bits per heavy atom. The quantitative estimate of drug-likeness (QED) is 0.498. The molecule has 0 radical (unpaired) electrons. The number of fused-ring (bicyclic) bond motifs is 3. The van der Waals surface area contributed by atoms with Crippen molar-refractivity contribution in [2.45, 2.75) is 79.6 Å². The zero-order valence-electron chi connectivity index (χ0n) is 14.3. The van der Waals surface area contributed by atoms with Crippen LogP contribution in [0, 0.1) is 35.0 Å². The standard InChI is InChI=1S/C20H34/c1-13(2)16-10-11-20(5)18-9-7-15(4)17(18)8-6-14(3)12-19(16)20/h13-14,16,18-19H,6-12H2,1-5H3/t14-,16+,18-,19?,20+/m1/s1. The van der Waals surface area contributed by atoms with E-state index in [1.807, 2.05) is 5.57 Å². The van der Waals surface area contributed by atoms with Crippen LogP contribution in [0.15, 0.2) is 11.1 Å². The molecule has 0 nitrogen and oxygen atoms in total. The minimum absolute atomic E-state index is 0.622. The Hall–Kier alpha value is -0.260. The summed E-state index contributed by atoms with van der Waals surface area (Å²) in [5.74, 6) is 4.72. The second-order valence-corrected chi connectivity index (χ2v) is 8.84. The van der Waals surface area contributed by atoms with Crippen molar-refractivity contribution in [1.82, 2.24) is 0 Å².